The second-order valence-corrected chi connectivity index (χ2v) is 11.3. The summed E-state index contributed by atoms with van der Waals surface area (Å²) in [5, 5.41) is 3.28. The van der Waals surface area contributed by atoms with Crippen molar-refractivity contribution in [2.45, 2.75) is 51.1 Å². The Hall–Kier alpha value is -3.36. The molecular weight excluding hydrogens is 522 g/mol. The van der Waals surface area contributed by atoms with Crippen LogP contribution in [0.1, 0.15) is 37.8 Å². The van der Waals surface area contributed by atoms with Crippen molar-refractivity contribution in [1.82, 2.24) is 10.2 Å². The summed E-state index contributed by atoms with van der Waals surface area (Å²) in [4.78, 5) is 28.5. The molecule has 0 bridgehead atoms. The third kappa shape index (κ3) is 7.36. The van der Waals surface area contributed by atoms with Crippen molar-refractivity contribution in [1.29, 1.82) is 0 Å². The van der Waals surface area contributed by atoms with Gasteiger partial charge in [0.2, 0.25) is 11.8 Å². The highest BCUT2D eigenvalue weighted by atomic mass is 35.5. The molecule has 0 heterocycles. The molecule has 3 aromatic rings. The number of hydrogen-bond donors (Lipinski definition) is 1. The highest BCUT2D eigenvalue weighted by Crippen LogP contribution is 2.26. The quantitative estimate of drug-likeness (QED) is 0.334. The molecule has 0 spiro atoms. The number of rotatable bonds is 12. The Morgan fingerprint density at radius 2 is 1.55 bits per heavy atom. The Morgan fingerprint density at radius 3 is 2.13 bits per heavy atom. The summed E-state index contributed by atoms with van der Waals surface area (Å²) in [7, 11) is -4.13. The minimum absolute atomic E-state index is 0.0117. The predicted molar refractivity (Wildman–Crippen MR) is 152 cm³/mol. The van der Waals surface area contributed by atoms with Crippen LogP contribution in [-0.4, -0.2) is 44.3 Å². The predicted octanol–water partition coefficient (Wildman–Crippen LogP) is 5.18. The van der Waals surface area contributed by atoms with E-state index in [1.807, 2.05) is 51.1 Å². The monoisotopic (exact) mass is 555 g/mol. The standard InChI is InChI=1S/C29H34ClN3O4S/c1-4-19-31-29(35)27(5-2)32(20-23-9-7-6-8-10-23)28(34)21-33(25-15-11-22(3)12-16-25)38(36,37)26-17-13-24(30)14-18-26/h6-18,27H,4-5,19-21H2,1-3H3,(H,31,35)/t27-/m0/s1. The SMILES string of the molecule is CCCNC(=O)[C@H](CC)N(Cc1ccccc1)C(=O)CN(c1ccc(C)cc1)S(=O)(=O)c1ccc(Cl)cc1. The van der Waals surface area contributed by atoms with Crippen molar-refractivity contribution in [2.75, 3.05) is 17.4 Å². The summed E-state index contributed by atoms with van der Waals surface area (Å²) >= 11 is 5.99. The molecule has 0 aliphatic rings. The third-order valence-corrected chi connectivity index (χ3v) is 8.17. The second-order valence-electron chi connectivity index (χ2n) is 9.02. The van der Waals surface area contributed by atoms with E-state index in [-0.39, 0.29) is 17.3 Å². The van der Waals surface area contributed by atoms with Gasteiger partial charge in [0.05, 0.1) is 10.6 Å². The fraction of sp³-hybridized carbons (Fsp3) is 0.310. The van der Waals surface area contributed by atoms with Crippen molar-refractivity contribution >= 4 is 39.1 Å². The number of hydrogen-bond acceptors (Lipinski definition) is 4. The lowest BCUT2D eigenvalue weighted by molar-refractivity contribution is -0.140. The summed E-state index contributed by atoms with van der Waals surface area (Å²) < 4.78 is 28.7. The zero-order chi connectivity index (χ0) is 27.7. The lowest BCUT2D eigenvalue weighted by atomic mass is 10.1. The maximum Gasteiger partial charge on any atom is 0.264 e. The van der Waals surface area contributed by atoms with E-state index in [1.165, 1.54) is 29.2 Å². The van der Waals surface area contributed by atoms with Crippen molar-refractivity contribution in [3.63, 3.8) is 0 Å². The number of halogens is 1. The van der Waals surface area contributed by atoms with E-state index in [4.69, 9.17) is 11.6 Å². The second kappa shape index (κ2) is 13.4. The molecule has 0 aliphatic heterocycles. The van der Waals surface area contributed by atoms with Crippen LogP contribution >= 0.6 is 11.6 Å². The van der Waals surface area contributed by atoms with Crippen molar-refractivity contribution in [2.24, 2.45) is 0 Å². The van der Waals surface area contributed by atoms with Crippen molar-refractivity contribution in [3.05, 3.63) is 95.0 Å². The fourth-order valence-corrected chi connectivity index (χ4v) is 5.58. The van der Waals surface area contributed by atoms with Crippen molar-refractivity contribution in [3.8, 4) is 0 Å². The molecule has 0 saturated heterocycles. The van der Waals surface area contributed by atoms with Gasteiger partial charge in [-0.05, 0) is 61.7 Å². The van der Waals surface area contributed by atoms with Gasteiger partial charge in [-0.3, -0.25) is 13.9 Å². The smallest absolute Gasteiger partial charge is 0.264 e. The van der Waals surface area contributed by atoms with Gasteiger partial charge in [-0.2, -0.15) is 0 Å². The molecule has 0 radical (unpaired) electrons. The van der Waals surface area contributed by atoms with E-state index in [2.05, 4.69) is 5.32 Å². The molecule has 0 aromatic heterocycles. The van der Waals surface area contributed by atoms with Crippen LogP contribution in [0, 0.1) is 6.92 Å². The first kappa shape index (κ1) is 29.2. The van der Waals surface area contributed by atoms with Crippen LogP contribution < -0.4 is 9.62 Å². The number of nitrogens with one attached hydrogen (secondary N) is 1. The van der Waals surface area contributed by atoms with E-state index in [9.17, 15) is 18.0 Å². The summed E-state index contributed by atoms with van der Waals surface area (Å²) in [6, 6.07) is 21.3. The van der Waals surface area contributed by atoms with Gasteiger partial charge in [0, 0.05) is 18.1 Å². The number of anilines is 1. The molecule has 202 valence electrons. The summed E-state index contributed by atoms with van der Waals surface area (Å²) in [6.45, 7) is 5.87. The molecule has 2 amide bonds. The zero-order valence-electron chi connectivity index (χ0n) is 21.9. The molecule has 3 aromatic carbocycles. The maximum atomic E-state index is 13.9. The lowest BCUT2D eigenvalue weighted by Gasteiger charge is -2.33. The van der Waals surface area contributed by atoms with Gasteiger partial charge >= 0.3 is 0 Å². The van der Waals surface area contributed by atoms with Gasteiger partial charge in [0.25, 0.3) is 10.0 Å². The Labute approximate surface area is 230 Å². The maximum absolute atomic E-state index is 13.9. The topological polar surface area (TPSA) is 86.8 Å². The van der Waals surface area contributed by atoms with Crippen LogP contribution in [0.4, 0.5) is 5.69 Å². The van der Waals surface area contributed by atoms with Gasteiger partial charge < -0.3 is 10.2 Å². The largest absolute Gasteiger partial charge is 0.354 e. The van der Waals surface area contributed by atoms with Crippen LogP contribution in [0.25, 0.3) is 0 Å². The number of amides is 2. The first-order valence-corrected chi connectivity index (χ1v) is 14.4. The average molecular weight is 556 g/mol. The first-order chi connectivity index (χ1) is 18.2. The molecule has 0 aliphatic carbocycles. The molecule has 7 nitrogen and oxygen atoms in total. The van der Waals surface area contributed by atoms with Crippen LogP contribution in [-0.2, 0) is 26.2 Å². The molecule has 1 N–H and O–H groups in total. The lowest BCUT2D eigenvalue weighted by Crippen LogP contribution is -2.52. The number of aryl methyl sites for hydroxylation is 1. The summed E-state index contributed by atoms with van der Waals surface area (Å²) in [6.07, 6.45) is 1.14. The highest BCUT2D eigenvalue weighted by molar-refractivity contribution is 7.92. The van der Waals surface area contributed by atoms with Gasteiger partial charge in [-0.15, -0.1) is 0 Å². The Bertz CT molecular complexity index is 1310. The minimum Gasteiger partial charge on any atom is -0.354 e. The summed E-state index contributed by atoms with van der Waals surface area (Å²) in [5.41, 5.74) is 2.14. The van der Waals surface area contributed by atoms with E-state index in [0.29, 0.717) is 23.7 Å². The van der Waals surface area contributed by atoms with E-state index < -0.39 is 28.5 Å². The third-order valence-electron chi connectivity index (χ3n) is 6.13. The molecule has 0 fully saturated rings. The van der Waals surface area contributed by atoms with Gasteiger partial charge in [-0.1, -0.05) is 73.5 Å². The van der Waals surface area contributed by atoms with Crippen LogP contribution in [0.3, 0.4) is 0 Å². The van der Waals surface area contributed by atoms with Crippen LogP contribution in [0.15, 0.2) is 83.8 Å². The molecule has 0 saturated carbocycles. The minimum atomic E-state index is -4.13. The Balaban J connectivity index is 2.03. The number of carbonyl (C=O) groups excluding carboxylic acids is 2. The molecule has 1 atom stereocenters. The molecule has 38 heavy (non-hydrogen) atoms. The van der Waals surface area contributed by atoms with Gasteiger partial charge in [0.15, 0.2) is 0 Å². The normalized spacial score (nSPS) is 12.0. The van der Waals surface area contributed by atoms with Crippen LogP contribution in [0.5, 0.6) is 0 Å². The van der Waals surface area contributed by atoms with Crippen molar-refractivity contribution < 1.29 is 18.0 Å². The zero-order valence-corrected chi connectivity index (χ0v) is 23.5. The van der Waals surface area contributed by atoms with E-state index in [0.717, 1.165) is 21.9 Å². The van der Waals surface area contributed by atoms with Gasteiger partial charge in [0.1, 0.15) is 12.6 Å². The number of sulfonamides is 1. The highest BCUT2D eigenvalue weighted by Gasteiger charge is 2.33. The first-order valence-electron chi connectivity index (χ1n) is 12.6. The fourth-order valence-electron chi connectivity index (χ4n) is 4.04. The number of carbonyl (C=O) groups is 2. The Morgan fingerprint density at radius 1 is 0.921 bits per heavy atom. The average Bonchev–Trinajstić information content (AvgIpc) is 2.91. The molecule has 3 rings (SSSR count). The Kier molecular flexibility index (Phi) is 10.3. The van der Waals surface area contributed by atoms with E-state index >= 15 is 0 Å². The van der Waals surface area contributed by atoms with Crippen LogP contribution in [0.2, 0.25) is 5.02 Å². The number of benzene rings is 3. The molecular formula is C29H34ClN3O4S. The van der Waals surface area contributed by atoms with Gasteiger partial charge in [-0.25, -0.2) is 8.42 Å². The molecule has 9 heteroatoms. The summed E-state index contributed by atoms with van der Waals surface area (Å²) in [5.74, 6) is -0.744. The van der Waals surface area contributed by atoms with E-state index in [1.54, 1.807) is 24.3 Å². The molecule has 0 unspecified atom stereocenters. The number of nitrogens with zero attached hydrogens (tertiary/aromatic N) is 2.